The molecule has 0 aliphatic carbocycles. The Labute approximate surface area is 66.7 Å². The van der Waals surface area contributed by atoms with E-state index in [1.165, 1.54) is 0 Å². The van der Waals surface area contributed by atoms with Crippen molar-refractivity contribution in [2.45, 2.75) is 13.3 Å². The first-order chi connectivity index (χ1) is 5.31. The van der Waals surface area contributed by atoms with Crippen LogP contribution in [0.4, 0.5) is 0 Å². The van der Waals surface area contributed by atoms with E-state index in [4.69, 9.17) is 11.2 Å². The van der Waals surface area contributed by atoms with Gasteiger partial charge in [-0.15, -0.1) is 6.42 Å². The zero-order valence-corrected chi connectivity index (χ0v) is 6.63. The van der Waals surface area contributed by atoms with Crippen molar-refractivity contribution in [1.29, 1.82) is 0 Å². The highest BCUT2D eigenvalue weighted by molar-refractivity contribution is 5.87. The lowest BCUT2D eigenvalue weighted by atomic mass is 10.5. The summed E-state index contributed by atoms with van der Waals surface area (Å²) in [5, 5.41) is 0. The highest BCUT2D eigenvalue weighted by Gasteiger charge is 1.94. The van der Waals surface area contributed by atoms with Gasteiger partial charge in [0, 0.05) is 25.6 Å². The van der Waals surface area contributed by atoms with Crippen LogP contribution in [0.5, 0.6) is 0 Å². The Bertz CT molecular complexity index is 146. The molecule has 0 heterocycles. The zero-order valence-electron chi connectivity index (χ0n) is 6.63. The predicted octanol–water partition coefficient (Wildman–Crippen LogP) is 0.589. The summed E-state index contributed by atoms with van der Waals surface area (Å²) in [5.41, 5.74) is 0. The molecule has 0 spiro atoms. The van der Waals surface area contributed by atoms with E-state index in [0.29, 0.717) is 26.2 Å². The second kappa shape index (κ2) is 7.10. The van der Waals surface area contributed by atoms with E-state index in [2.05, 4.69) is 4.74 Å². The molecule has 0 aromatic heterocycles. The van der Waals surface area contributed by atoms with Gasteiger partial charge in [0.1, 0.15) is 0 Å². The third-order valence-electron chi connectivity index (χ3n) is 0.988. The van der Waals surface area contributed by atoms with E-state index in [1.54, 1.807) is 0 Å². The molecule has 0 saturated heterocycles. The Morgan fingerprint density at radius 3 is 2.82 bits per heavy atom. The molecule has 0 amide bonds. The lowest BCUT2D eigenvalue weighted by molar-refractivity contribution is -0.137. The number of terminal acetylenes is 1. The summed E-state index contributed by atoms with van der Waals surface area (Å²) in [7, 11) is 0. The van der Waals surface area contributed by atoms with Crippen LogP contribution >= 0.6 is 0 Å². The summed E-state index contributed by atoms with van der Waals surface area (Å²) in [6, 6.07) is 0. The van der Waals surface area contributed by atoms with Crippen LogP contribution in [-0.4, -0.2) is 25.8 Å². The molecule has 0 aliphatic heterocycles. The molecule has 0 aliphatic rings. The van der Waals surface area contributed by atoms with Crippen molar-refractivity contribution in [2.75, 3.05) is 19.8 Å². The van der Waals surface area contributed by atoms with Gasteiger partial charge in [0.15, 0.2) is 0 Å². The molecular formula is C8H12O3. The maximum atomic E-state index is 10.3. The summed E-state index contributed by atoms with van der Waals surface area (Å²) >= 11 is 0. The minimum atomic E-state index is -0.610. The Balaban J connectivity index is 3.03. The van der Waals surface area contributed by atoms with Crippen molar-refractivity contribution < 1.29 is 14.3 Å². The molecule has 0 bridgehead atoms. The summed E-state index contributed by atoms with van der Waals surface area (Å²) in [6.45, 7) is 3.54. The normalized spacial score (nSPS) is 8.73. The van der Waals surface area contributed by atoms with Gasteiger partial charge in [-0.05, 0) is 6.92 Å². The van der Waals surface area contributed by atoms with Crippen molar-refractivity contribution in [2.24, 2.45) is 0 Å². The first kappa shape index (κ1) is 9.99. The largest absolute Gasteiger partial charge is 0.456 e. The summed E-state index contributed by atoms with van der Waals surface area (Å²) in [6.07, 6.45) is 5.45. The van der Waals surface area contributed by atoms with Crippen LogP contribution in [0.25, 0.3) is 0 Å². The van der Waals surface area contributed by atoms with E-state index in [-0.39, 0.29) is 0 Å². The molecule has 0 unspecified atom stereocenters. The molecule has 3 heteroatoms. The molecule has 0 aromatic rings. The van der Waals surface area contributed by atoms with Crippen LogP contribution in [0.1, 0.15) is 13.3 Å². The van der Waals surface area contributed by atoms with Gasteiger partial charge in [0.25, 0.3) is 0 Å². The third kappa shape index (κ3) is 6.88. The maximum Gasteiger partial charge on any atom is 0.384 e. The fourth-order valence-electron chi connectivity index (χ4n) is 0.512. The minimum absolute atomic E-state index is 0.336. The first-order valence-corrected chi connectivity index (χ1v) is 3.52. The molecule has 62 valence electrons. The fourth-order valence-corrected chi connectivity index (χ4v) is 0.512. The number of hydrogen-bond donors (Lipinski definition) is 0. The maximum absolute atomic E-state index is 10.3. The first-order valence-electron chi connectivity index (χ1n) is 3.52. The second-order valence-electron chi connectivity index (χ2n) is 1.83. The lowest BCUT2D eigenvalue weighted by Crippen LogP contribution is -2.05. The van der Waals surface area contributed by atoms with Crippen LogP contribution < -0.4 is 0 Å². The van der Waals surface area contributed by atoms with Crippen LogP contribution in [0.15, 0.2) is 0 Å². The van der Waals surface area contributed by atoms with Crippen LogP contribution in [0.3, 0.4) is 0 Å². The molecule has 0 atom stereocenters. The third-order valence-corrected chi connectivity index (χ3v) is 0.988. The Morgan fingerprint density at radius 2 is 2.27 bits per heavy atom. The van der Waals surface area contributed by atoms with Crippen molar-refractivity contribution in [1.82, 2.24) is 0 Å². The van der Waals surface area contributed by atoms with Gasteiger partial charge >= 0.3 is 5.97 Å². The van der Waals surface area contributed by atoms with Gasteiger partial charge in [-0.2, -0.15) is 0 Å². The number of carbonyl (C=O) groups is 1. The number of ether oxygens (including phenoxy) is 2. The summed E-state index contributed by atoms with van der Waals surface area (Å²) in [4.78, 5) is 10.3. The van der Waals surface area contributed by atoms with E-state index in [0.717, 1.165) is 0 Å². The quantitative estimate of drug-likeness (QED) is 0.253. The van der Waals surface area contributed by atoms with Gasteiger partial charge in [0.05, 0.1) is 6.61 Å². The SMILES string of the molecule is C#CC(=O)OCCCOCC. The van der Waals surface area contributed by atoms with Gasteiger partial charge in [-0.1, -0.05) is 0 Å². The Morgan fingerprint density at radius 1 is 1.55 bits per heavy atom. The molecule has 0 saturated carbocycles. The molecule has 3 nitrogen and oxygen atoms in total. The van der Waals surface area contributed by atoms with E-state index in [1.807, 2.05) is 12.8 Å². The predicted molar refractivity (Wildman–Crippen MR) is 40.9 cm³/mol. The van der Waals surface area contributed by atoms with Crippen molar-refractivity contribution in [3.8, 4) is 12.3 Å². The highest BCUT2D eigenvalue weighted by Crippen LogP contribution is 1.84. The molecule has 0 N–H and O–H groups in total. The smallest absolute Gasteiger partial charge is 0.384 e. The Kier molecular flexibility index (Phi) is 6.45. The van der Waals surface area contributed by atoms with E-state index in [9.17, 15) is 4.79 Å². The van der Waals surface area contributed by atoms with Crippen molar-refractivity contribution in [3.63, 3.8) is 0 Å². The fraction of sp³-hybridized carbons (Fsp3) is 0.625. The lowest BCUT2D eigenvalue weighted by Gasteiger charge is -2.00. The summed E-state index contributed by atoms with van der Waals surface area (Å²) in [5.74, 6) is 1.24. The van der Waals surface area contributed by atoms with Gasteiger partial charge in [-0.25, -0.2) is 4.79 Å². The minimum Gasteiger partial charge on any atom is -0.456 e. The summed E-state index contributed by atoms with van der Waals surface area (Å²) < 4.78 is 9.59. The van der Waals surface area contributed by atoms with E-state index < -0.39 is 5.97 Å². The molecule has 0 rings (SSSR count). The Hall–Kier alpha value is -1.01. The number of esters is 1. The standard InChI is InChI=1S/C8H12O3/c1-3-8(9)11-7-5-6-10-4-2/h1H,4-7H2,2H3. The average Bonchev–Trinajstić information content (AvgIpc) is 2.04. The highest BCUT2D eigenvalue weighted by atomic mass is 16.5. The van der Waals surface area contributed by atoms with E-state index >= 15 is 0 Å². The van der Waals surface area contributed by atoms with Gasteiger partial charge in [-0.3, -0.25) is 0 Å². The number of carbonyl (C=O) groups excluding carboxylic acids is 1. The number of rotatable bonds is 5. The zero-order chi connectivity index (χ0) is 8.53. The van der Waals surface area contributed by atoms with Crippen LogP contribution in [0.2, 0.25) is 0 Å². The molecule has 0 radical (unpaired) electrons. The monoisotopic (exact) mass is 156 g/mol. The van der Waals surface area contributed by atoms with Crippen molar-refractivity contribution in [3.05, 3.63) is 0 Å². The second-order valence-corrected chi connectivity index (χ2v) is 1.83. The number of hydrogen-bond acceptors (Lipinski definition) is 3. The van der Waals surface area contributed by atoms with Crippen LogP contribution in [0, 0.1) is 12.3 Å². The van der Waals surface area contributed by atoms with Gasteiger partial charge < -0.3 is 9.47 Å². The van der Waals surface area contributed by atoms with Gasteiger partial charge in [0.2, 0.25) is 0 Å². The molecule has 0 aromatic carbocycles. The van der Waals surface area contributed by atoms with Crippen molar-refractivity contribution >= 4 is 5.97 Å². The molecule has 0 fully saturated rings. The molecule has 11 heavy (non-hydrogen) atoms. The topological polar surface area (TPSA) is 35.5 Å². The average molecular weight is 156 g/mol. The molecular weight excluding hydrogens is 144 g/mol. The van der Waals surface area contributed by atoms with Crippen LogP contribution in [-0.2, 0) is 14.3 Å².